The fourth-order valence-corrected chi connectivity index (χ4v) is 6.60. The molecule has 3 rings (SSSR count). The summed E-state index contributed by atoms with van der Waals surface area (Å²) in [7, 11) is 3.49. The van der Waals surface area contributed by atoms with Gasteiger partial charge in [-0.15, -0.1) is 0 Å². The second-order valence-corrected chi connectivity index (χ2v) is 13.1. The fourth-order valence-electron chi connectivity index (χ4n) is 6.60. The molecule has 4 N–H and O–H groups in total. The molecule has 0 bridgehead atoms. The lowest BCUT2D eigenvalue weighted by Crippen LogP contribution is -2.63. The molecule has 3 heterocycles. The summed E-state index contributed by atoms with van der Waals surface area (Å²) in [5.74, 6) is -2.80. The lowest BCUT2D eigenvalue weighted by molar-refractivity contribution is -0.305. The van der Waals surface area contributed by atoms with Crippen LogP contribution in [0.25, 0.3) is 0 Å². The van der Waals surface area contributed by atoms with Crippen molar-refractivity contribution < 1.29 is 53.7 Å². The molecule has 3 aliphatic rings. The van der Waals surface area contributed by atoms with Crippen molar-refractivity contribution >= 4 is 11.8 Å². The van der Waals surface area contributed by atoms with Gasteiger partial charge < -0.3 is 49.0 Å². The Labute approximate surface area is 267 Å². The molecule has 3 aliphatic heterocycles. The molecule has 0 amide bonds. The van der Waals surface area contributed by atoms with Crippen LogP contribution in [0.4, 0.5) is 0 Å². The van der Waals surface area contributed by atoms with Gasteiger partial charge in [0, 0.05) is 24.2 Å². The lowest BCUT2D eigenvalue weighted by Gasteiger charge is -2.46. The number of rotatable bonds is 7. The topological polar surface area (TPSA) is 164 Å². The maximum Gasteiger partial charge on any atom is 0.308 e. The number of allylic oxidation sites excluding steroid dienone is 3. The minimum atomic E-state index is -1.24. The first-order valence-electron chi connectivity index (χ1n) is 16.2. The largest absolute Gasteiger partial charge is 0.462 e. The first-order chi connectivity index (χ1) is 21.3. The van der Waals surface area contributed by atoms with Gasteiger partial charge in [0.25, 0.3) is 0 Å². The second kappa shape index (κ2) is 17.4. The zero-order valence-corrected chi connectivity index (χ0v) is 27.8. The van der Waals surface area contributed by atoms with Crippen molar-refractivity contribution in [2.45, 2.75) is 116 Å². The van der Waals surface area contributed by atoms with Crippen molar-refractivity contribution in [2.75, 3.05) is 33.9 Å². The summed E-state index contributed by atoms with van der Waals surface area (Å²) in [5, 5.41) is 43.6. The van der Waals surface area contributed by atoms with Crippen LogP contribution in [-0.4, -0.2) is 126 Å². The standard InChI is InChI=1S/C33H55NO11/c1-8-26-23(17-35)13-18(2)9-10-24(36)19(3)14-22(15-28-41-11-12-42-28)32(20(4)25(37)16-27(38)44-26)45-33-31(40)29(34(6)7)30(39)21(5)43-33/h9-10,13,19-23,25-26,28-33,35,37,39-40H,8,11-12,14-17H2,1-7H3/b10-9-,18-13+/t19?,20?,21-,22?,23?,25?,26?,29+,30-,31-,32?,33+/m1/s1. The Kier molecular flexibility index (Phi) is 14.6. The van der Waals surface area contributed by atoms with E-state index in [1.807, 2.05) is 20.8 Å². The third-order valence-electron chi connectivity index (χ3n) is 9.35. The number of hydrogen-bond acceptors (Lipinski definition) is 12. The number of carbonyl (C=O) groups is 2. The lowest BCUT2D eigenvalue weighted by atomic mass is 9.79. The van der Waals surface area contributed by atoms with Crippen molar-refractivity contribution in [1.29, 1.82) is 0 Å². The molecule has 2 saturated heterocycles. The summed E-state index contributed by atoms with van der Waals surface area (Å²) in [6.07, 6.45) is -1.52. The monoisotopic (exact) mass is 641 g/mol. The highest BCUT2D eigenvalue weighted by Crippen LogP contribution is 2.36. The Hall–Kier alpha value is -1.74. The van der Waals surface area contributed by atoms with E-state index in [0.717, 1.165) is 5.57 Å². The Morgan fingerprint density at radius 3 is 2.29 bits per heavy atom. The molecule has 12 heteroatoms. The molecule has 258 valence electrons. The van der Waals surface area contributed by atoms with Gasteiger partial charge in [0.15, 0.2) is 18.4 Å². The van der Waals surface area contributed by atoms with Crippen LogP contribution in [0.15, 0.2) is 23.8 Å². The van der Waals surface area contributed by atoms with Crippen molar-refractivity contribution in [1.82, 2.24) is 4.90 Å². The van der Waals surface area contributed by atoms with Crippen molar-refractivity contribution in [3.8, 4) is 0 Å². The number of nitrogens with zero attached hydrogens (tertiary/aromatic N) is 1. The third-order valence-corrected chi connectivity index (χ3v) is 9.35. The first kappa shape index (κ1) is 37.7. The van der Waals surface area contributed by atoms with Crippen LogP contribution in [0.3, 0.4) is 0 Å². The molecule has 45 heavy (non-hydrogen) atoms. The molecule has 0 saturated carbocycles. The molecule has 0 radical (unpaired) electrons. The highest BCUT2D eigenvalue weighted by atomic mass is 16.7. The zero-order valence-electron chi connectivity index (χ0n) is 27.8. The number of aliphatic hydroxyl groups excluding tert-OH is 4. The van der Waals surface area contributed by atoms with Crippen molar-refractivity contribution in [2.24, 2.45) is 23.7 Å². The van der Waals surface area contributed by atoms with Gasteiger partial charge in [0.2, 0.25) is 0 Å². The van der Waals surface area contributed by atoms with E-state index in [0.29, 0.717) is 32.5 Å². The smallest absolute Gasteiger partial charge is 0.308 e. The summed E-state index contributed by atoms with van der Waals surface area (Å²) in [6.45, 7) is 9.52. The summed E-state index contributed by atoms with van der Waals surface area (Å²) < 4.78 is 29.8. The second-order valence-electron chi connectivity index (χ2n) is 13.1. The molecular weight excluding hydrogens is 586 g/mol. The number of aliphatic hydroxyl groups is 4. The molecule has 0 spiro atoms. The molecule has 12 atom stereocenters. The third kappa shape index (κ3) is 10.1. The summed E-state index contributed by atoms with van der Waals surface area (Å²) >= 11 is 0. The molecule has 0 aromatic heterocycles. The van der Waals surface area contributed by atoms with Crippen molar-refractivity contribution in [3.63, 3.8) is 0 Å². The van der Waals surface area contributed by atoms with Gasteiger partial charge in [0.05, 0.1) is 56.7 Å². The molecule has 7 unspecified atom stereocenters. The van der Waals surface area contributed by atoms with E-state index >= 15 is 0 Å². The van der Waals surface area contributed by atoms with Crippen LogP contribution >= 0.6 is 0 Å². The first-order valence-corrected chi connectivity index (χ1v) is 16.2. The van der Waals surface area contributed by atoms with E-state index < -0.39 is 84.9 Å². The van der Waals surface area contributed by atoms with E-state index in [9.17, 15) is 30.0 Å². The Balaban J connectivity index is 2.03. The van der Waals surface area contributed by atoms with Crippen LogP contribution in [0.2, 0.25) is 0 Å². The number of hydrogen-bond donors (Lipinski definition) is 4. The van der Waals surface area contributed by atoms with E-state index in [1.54, 1.807) is 45.0 Å². The number of esters is 1. The van der Waals surface area contributed by atoms with E-state index in [4.69, 9.17) is 23.7 Å². The summed E-state index contributed by atoms with van der Waals surface area (Å²) in [6, 6.07) is -0.688. The molecular formula is C33H55NO11. The predicted octanol–water partition coefficient (Wildman–Crippen LogP) is 1.58. The van der Waals surface area contributed by atoms with Crippen molar-refractivity contribution in [3.05, 3.63) is 23.8 Å². The van der Waals surface area contributed by atoms with E-state index in [2.05, 4.69) is 0 Å². The number of ether oxygens (including phenoxy) is 5. The molecule has 0 aromatic rings. The maximum atomic E-state index is 13.4. The van der Waals surface area contributed by atoms with Gasteiger partial charge in [-0.1, -0.05) is 38.5 Å². The minimum Gasteiger partial charge on any atom is -0.462 e. The fraction of sp³-hybridized carbons (Fsp3) is 0.818. The van der Waals surface area contributed by atoms with Gasteiger partial charge in [-0.25, -0.2) is 0 Å². The Bertz CT molecular complexity index is 1010. The van der Waals surface area contributed by atoms with E-state index in [-0.39, 0.29) is 18.8 Å². The summed E-state index contributed by atoms with van der Waals surface area (Å²) in [4.78, 5) is 28.2. The number of likely N-dealkylation sites (N-methyl/N-ethyl adjacent to an activating group) is 1. The van der Waals surface area contributed by atoms with Gasteiger partial charge in [-0.2, -0.15) is 0 Å². The van der Waals surface area contributed by atoms with Gasteiger partial charge in [0.1, 0.15) is 12.2 Å². The summed E-state index contributed by atoms with van der Waals surface area (Å²) in [5.41, 5.74) is 0.741. The Morgan fingerprint density at radius 1 is 1.02 bits per heavy atom. The highest BCUT2D eigenvalue weighted by molar-refractivity contribution is 5.91. The SMILES string of the molecule is CCC1OC(=O)CC(O)C(C)C(O[C@@H]2O[C@H](C)[C@@H](O)[C@H](N(C)C)[C@H]2O)C(CC2OCCO2)CC(C)C(=O)/C=C\C(C)=C\C1CO. The normalized spacial score (nSPS) is 41.9. The Morgan fingerprint density at radius 2 is 1.69 bits per heavy atom. The molecule has 0 aliphatic carbocycles. The highest BCUT2D eigenvalue weighted by Gasteiger charge is 2.47. The number of ketones is 1. The quantitative estimate of drug-likeness (QED) is 0.297. The molecule has 2 fully saturated rings. The molecule has 0 aromatic carbocycles. The average Bonchev–Trinajstić information content (AvgIpc) is 3.50. The van der Waals surface area contributed by atoms with Gasteiger partial charge in [-0.05, 0) is 52.8 Å². The number of cyclic esters (lactones) is 1. The average molecular weight is 642 g/mol. The number of carbonyl (C=O) groups excluding carboxylic acids is 2. The molecule has 12 nitrogen and oxygen atoms in total. The predicted molar refractivity (Wildman–Crippen MR) is 165 cm³/mol. The van der Waals surface area contributed by atoms with E-state index in [1.165, 1.54) is 6.08 Å². The van der Waals surface area contributed by atoms with Crippen LogP contribution in [0.1, 0.15) is 60.3 Å². The minimum absolute atomic E-state index is 0.113. The van der Waals surface area contributed by atoms with Gasteiger partial charge >= 0.3 is 5.97 Å². The maximum absolute atomic E-state index is 13.4. The van der Waals surface area contributed by atoms with Crippen LogP contribution in [0, 0.1) is 23.7 Å². The zero-order chi connectivity index (χ0) is 33.4. The van der Waals surface area contributed by atoms with Crippen LogP contribution in [0.5, 0.6) is 0 Å². The van der Waals surface area contributed by atoms with Crippen LogP contribution < -0.4 is 0 Å². The van der Waals surface area contributed by atoms with Crippen LogP contribution in [-0.2, 0) is 33.3 Å². The van der Waals surface area contributed by atoms with Gasteiger partial charge in [-0.3, -0.25) is 9.59 Å².